The second-order valence-corrected chi connectivity index (χ2v) is 7.81. The highest BCUT2D eigenvalue weighted by Crippen LogP contribution is 2.37. The maximum absolute atomic E-state index is 9.34. The minimum Gasteiger partial charge on any atom is -0.381 e. The first-order valence-corrected chi connectivity index (χ1v) is 10.2. The molecule has 3 aromatic rings. The molecule has 0 spiro atoms. The van der Waals surface area contributed by atoms with Gasteiger partial charge >= 0.3 is 0 Å². The molecule has 28 heavy (non-hydrogen) atoms. The van der Waals surface area contributed by atoms with Crippen LogP contribution in [0.5, 0.6) is 0 Å². The standard InChI is InChI=1S/C23H24N4O/c24-12-18-14-27-23-20(18)11-17(13-26-23)16-3-4-19(15-5-8-28-9-6-15)21(10-16)22-2-1-7-25-22/h3-4,10-11,13-15,22,25H,1-2,5-9H2,(H,26,27). The van der Waals surface area contributed by atoms with Crippen molar-refractivity contribution in [3.8, 4) is 17.2 Å². The monoisotopic (exact) mass is 372 g/mol. The summed E-state index contributed by atoms with van der Waals surface area (Å²) in [6.07, 6.45) is 8.24. The van der Waals surface area contributed by atoms with Gasteiger partial charge in [-0.1, -0.05) is 12.1 Å². The summed E-state index contributed by atoms with van der Waals surface area (Å²) >= 11 is 0. The molecule has 0 radical (unpaired) electrons. The van der Waals surface area contributed by atoms with E-state index in [0.717, 1.165) is 49.2 Å². The first-order valence-electron chi connectivity index (χ1n) is 10.2. The number of aromatic amines is 1. The smallest absolute Gasteiger partial charge is 0.138 e. The number of nitriles is 1. The lowest BCUT2D eigenvalue weighted by molar-refractivity contribution is 0.0851. The van der Waals surface area contributed by atoms with E-state index in [1.807, 2.05) is 6.20 Å². The third-order valence-corrected chi connectivity index (χ3v) is 6.17. The van der Waals surface area contributed by atoms with Crippen LogP contribution in [0.2, 0.25) is 0 Å². The van der Waals surface area contributed by atoms with Crippen LogP contribution in [0.4, 0.5) is 0 Å². The first kappa shape index (κ1) is 17.4. The zero-order valence-electron chi connectivity index (χ0n) is 15.9. The second-order valence-electron chi connectivity index (χ2n) is 7.81. The highest BCUT2D eigenvalue weighted by atomic mass is 16.5. The third-order valence-electron chi connectivity index (χ3n) is 6.17. The zero-order valence-corrected chi connectivity index (χ0v) is 15.9. The maximum atomic E-state index is 9.34. The fourth-order valence-corrected chi connectivity index (χ4v) is 4.64. The average molecular weight is 372 g/mol. The van der Waals surface area contributed by atoms with Gasteiger partial charge < -0.3 is 15.0 Å². The largest absolute Gasteiger partial charge is 0.381 e. The van der Waals surface area contributed by atoms with Crippen molar-refractivity contribution >= 4 is 11.0 Å². The quantitative estimate of drug-likeness (QED) is 0.714. The summed E-state index contributed by atoms with van der Waals surface area (Å²) in [6.45, 7) is 2.80. The van der Waals surface area contributed by atoms with Gasteiger partial charge in [-0.2, -0.15) is 5.26 Å². The molecule has 2 saturated heterocycles. The molecule has 2 aliphatic heterocycles. The Labute approximate surface area is 164 Å². The maximum Gasteiger partial charge on any atom is 0.138 e. The van der Waals surface area contributed by atoms with Gasteiger partial charge in [0.2, 0.25) is 0 Å². The van der Waals surface area contributed by atoms with Gasteiger partial charge in [0.1, 0.15) is 11.7 Å². The Bertz CT molecular complexity index is 1040. The van der Waals surface area contributed by atoms with Gasteiger partial charge in [-0.25, -0.2) is 4.98 Å². The lowest BCUT2D eigenvalue weighted by Crippen LogP contribution is -2.19. The van der Waals surface area contributed by atoms with Crippen molar-refractivity contribution in [1.82, 2.24) is 15.3 Å². The van der Waals surface area contributed by atoms with Crippen molar-refractivity contribution in [2.45, 2.75) is 37.6 Å². The van der Waals surface area contributed by atoms with Gasteiger partial charge in [0.25, 0.3) is 0 Å². The number of pyridine rings is 1. The molecule has 1 aromatic carbocycles. The molecule has 0 saturated carbocycles. The van der Waals surface area contributed by atoms with E-state index < -0.39 is 0 Å². The van der Waals surface area contributed by atoms with Crippen molar-refractivity contribution in [3.63, 3.8) is 0 Å². The number of nitrogens with zero attached hydrogens (tertiary/aromatic N) is 2. The molecule has 0 aliphatic carbocycles. The highest BCUT2D eigenvalue weighted by molar-refractivity contribution is 5.86. The van der Waals surface area contributed by atoms with Crippen LogP contribution >= 0.6 is 0 Å². The minimum atomic E-state index is 0.427. The molecule has 1 atom stereocenters. The molecular formula is C23H24N4O. The predicted octanol–water partition coefficient (Wildman–Crippen LogP) is 4.42. The van der Waals surface area contributed by atoms with Crippen LogP contribution in [0.3, 0.4) is 0 Å². The summed E-state index contributed by atoms with van der Waals surface area (Å²) in [6, 6.07) is 11.6. The number of benzene rings is 1. The van der Waals surface area contributed by atoms with Crippen molar-refractivity contribution in [3.05, 3.63) is 53.3 Å². The van der Waals surface area contributed by atoms with Crippen molar-refractivity contribution in [2.24, 2.45) is 0 Å². The molecule has 2 aliphatic rings. The molecule has 4 heterocycles. The van der Waals surface area contributed by atoms with Crippen molar-refractivity contribution < 1.29 is 4.74 Å². The number of hydrogen-bond acceptors (Lipinski definition) is 4. The molecule has 0 bridgehead atoms. The molecular weight excluding hydrogens is 348 g/mol. The highest BCUT2D eigenvalue weighted by Gasteiger charge is 2.25. The average Bonchev–Trinajstić information content (AvgIpc) is 3.43. The molecule has 2 aromatic heterocycles. The normalized spacial score (nSPS) is 20.5. The number of hydrogen-bond donors (Lipinski definition) is 2. The Morgan fingerprint density at radius 1 is 1.07 bits per heavy atom. The van der Waals surface area contributed by atoms with Crippen LogP contribution in [0.15, 0.2) is 36.7 Å². The fourth-order valence-electron chi connectivity index (χ4n) is 4.64. The van der Waals surface area contributed by atoms with E-state index in [1.54, 1.807) is 6.20 Å². The van der Waals surface area contributed by atoms with Gasteiger partial charge in [0.15, 0.2) is 0 Å². The zero-order chi connectivity index (χ0) is 18.9. The van der Waals surface area contributed by atoms with E-state index >= 15 is 0 Å². The number of H-pyrrole nitrogens is 1. The molecule has 5 heteroatoms. The molecule has 0 amide bonds. The lowest BCUT2D eigenvalue weighted by Gasteiger charge is -2.27. The Kier molecular flexibility index (Phi) is 4.59. The topological polar surface area (TPSA) is 73.7 Å². The predicted molar refractivity (Wildman–Crippen MR) is 109 cm³/mol. The van der Waals surface area contributed by atoms with Gasteiger partial charge in [0, 0.05) is 42.6 Å². The number of ether oxygens (including phenoxy) is 1. The molecule has 2 N–H and O–H groups in total. The first-order chi connectivity index (χ1) is 13.8. The molecule has 1 unspecified atom stereocenters. The molecule has 5 nitrogen and oxygen atoms in total. The SMILES string of the molecule is N#Cc1c[nH]c2ncc(-c3ccc(C4CCOCC4)c(C4CCCN4)c3)cc12. The number of aromatic nitrogens is 2. The van der Waals surface area contributed by atoms with Gasteiger partial charge in [0.05, 0.1) is 5.56 Å². The van der Waals surface area contributed by atoms with Crippen LogP contribution in [0.1, 0.15) is 54.3 Å². The lowest BCUT2D eigenvalue weighted by atomic mass is 9.84. The van der Waals surface area contributed by atoms with Crippen LogP contribution < -0.4 is 5.32 Å². The van der Waals surface area contributed by atoms with Gasteiger partial charge in [-0.15, -0.1) is 0 Å². The van der Waals surface area contributed by atoms with Crippen molar-refractivity contribution in [1.29, 1.82) is 5.26 Å². The summed E-state index contributed by atoms with van der Waals surface area (Å²) in [7, 11) is 0. The van der Waals surface area contributed by atoms with E-state index in [-0.39, 0.29) is 0 Å². The van der Waals surface area contributed by atoms with Crippen LogP contribution in [-0.2, 0) is 4.74 Å². The number of fused-ring (bicyclic) bond motifs is 1. The number of nitrogens with one attached hydrogen (secondary N) is 2. The molecule has 142 valence electrons. The Hall–Kier alpha value is -2.68. The summed E-state index contributed by atoms with van der Waals surface area (Å²) in [5, 5.41) is 13.9. The van der Waals surface area contributed by atoms with Crippen LogP contribution in [0.25, 0.3) is 22.2 Å². The van der Waals surface area contributed by atoms with E-state index in [1.165, 1.54) is 29.5 Å². The molecule has 2 fully saturated rings. The van der Waals surface area contributed by atoms with Crippen molar-refractivity contribution in [2.75, 3.05) is 19.8 Å². The Morgan fingerprint density at radius 3 is 2.75 bits per heavy atom. The third kappa shape index (κ3) is 3.09. The second kappa shape index (κ2) is 7.38. The van der Waals surface area contributed by atoms with Crippen LogP contribution in [0, 0.1) is 11.3 Å². The summed E-state index contributed by atoms with van der Waals surface area (Å²) in [4.78, 5) is 7.60. The van der Waals surface area contributed by atoms with Crippen LogP contribution in [-0.4, -0.2) is 29.7 Å². The number of rotatable bonds is 3. The fraction of sp³-hybridized carbons (Fsp3) is 0.391. The van der Waals surface area contributed by atoms with E-state index in [2.05, 4.69) is 45.6 Å². The Balaban J connectivity index is 1.58. The summed E-state index contributed by atoms with van der Waals surface area (Å²) < 4.78 is 5.58. The van der Waals surface area contributed by atoms with Gasteiger partial charge in [-0.3, -0.25) is 0 Å². The van der Waals surface area contributed by atoms with E-state index in [9.17, 15) is 5.26 Å². The summed E-state index contributed by atoms with van der Waals surface area (Å²) in [5.41, 5.74) is 6.52. The minimum absolute atomic E-state index is 0.427. The van der Waals surface area contributed by atoms with E-state index in [4.69, 9.17) is 4.74 Å². The molecule has 5 rings (SSSR count). The van der Waals surface area contributed by atoms with Gasteiger partial charge in [-0.05, 0) is 67.0 Å². The summed E-state index contributed by atoms with van der Waals surface area (Å²) in [5.74, 6) is 0.579. The Morgan fingerprint density at radius 2 is 1.96 bits per heavy atom. The van der Waals surface area contributed by atoms with E-state index in [0.29, 0.717) is 17.5 Å².